The molecule has 7 heteroatoms. The Balaban J connectivity index is 0.00000225. The third-order valence-corrected chi connectivity index (χ3v) is 2.15. The summed E-state index contributed by atoms with van der Waals surface area (Å²) >= 11 is 0. The molecule has 1 aromatic heterocycles. The smallest absolute Gasteiger partial charge is 0.204 e. The molecule has 0 unspecified atom stereocenters. The number of rotatable bonds is 3. The molecular formula is C9H19IN6. The molecule has 92 valence electrons. The van der Waals surface area contributed by atoms with Crippen molar-refractivity contribution in [3.8, 4) is 0 Å². The van der Waals surface area contributed by atoms with Gasteiger partial charge in [0.05, 0.1) is 18.4 Å². The molecule has 0 aliphatic heterocycles. The first-order valence-corrected chi connectivity index (χ1v) is 4.70. The summed E-state index contributed by atoms with van der Waals surface area (Å²) in [6, 6.07) is 0. The van der Waals surface area contributed by atoms with E-state index in [1.807, 2.05) is 36.8 Å². The van der Waals surface area contributed by atoms with Crippen LogP contribution < -0.4 is 16.0 Å². The Morgan fingerprint density at radius 1 is 1.62 bits per heavy atom. The highest BCUT2D eigenvalue weighted by Gasteiger charge is 2.07. The molecule has 0 amide bonds. The Bertz CT molecular complexity index is 357. The summed E-state index contributed by atoms with van der Waals surface area (Å²) in [6.45, 7) is 0.626. The fourth-order valence-electron chi connectivity index (χ4n) is 1.27. The van der Waals surface area contributed by atoms with Crippen LogP contribution in [0.15, 0.2) is 11.2 Å². The van der Waals surface area contributed by atoms with Crippen LogP contribution in [0.5, 0.6) is 0 Å². The quantitative estimate of drug-likeness (QED) is 0.467. The average Bonchev–Trinajstić information content (AvgIpc) is 2.56. The molecule has 0 saturated carbocycles. The highest BCUT2D eigenvalue weighted by Crippen LogP contribution is 2.10. The fourth-order valence-corrected chi connectivity index (χ4v) is 1.27. The summed E-state index contributed by atoms with van der Waals surface area (Å²) in [5, 5.41) is 2.99. The van der Waals surface area contributed by atoms with E-state index in [0.717, 1.165) is 11.6 Å². The number of nitrogens with two attached hydrogens (primary N) is 1. The predicted molar refractivity (Wildman–Crippen MR) is 77.3 cm³/mol. The van der Waals surface area contributed by atoms with Crippen molar-refractivity contribution in [2.45, 2.75) is 6.54 Å². The van der Waals surface area contributed by atoms with Crippen molar-refractivity contribution in [3.63, 3.8) is 0 Å². The van der Waals surface area contributed by atoms with Crippen molar-refractivity contribution in [1.29, 1.82) is 0 Å². The minimum absolute atomic E-state index is 0. The number of nitrogens with one attached hydrogen (secondary N) is 1. The number of halogens is 1. The maximum absolute atomic E-state index is 5.54. The molecule has 0 saturated heterocycles. The number of aromatic nitrogens is 2. The molecule has 0 fully saturated rings. The molecule has 0 bridgehead atoms. The average molecular weight is 338 g/mol. The van der Waals surface area contributed by atoms with E-state index in [2.05, 4.69) is 15.3 Å². The minimum atomic E-state index is 0. The Morgan fingerprint density at radius 3 is 2.69 bits per heavy atom. The molecule has 0 spiro atoms. The lowest BCUT2D eigenvalue weighted by atomic mass is 10.4. The third-order valence-electron chi connectivity index (χ3n) is 2.15. The number of imidazole rings is 1. The SMILES string of the molecule is CN=C(N)NCc1cnc(N(C)C)n1C.I. The molecule has 0 aliphatic rings. The Morgan fingerprint density at radius 2 is 2.25 bits per heavy atom. The molecule has 1 rings (SSSR count). The molecule has 3 N–H and O–H groups in total. The number of aliphatic imine (C=N–C) groups is 1. The first-order valence-electron chi connectivity index (χ1n) is 4.70. The van der Waals surface area contributed by atoms with Crippen LogP contribution >= 0.6 is 24.0 Å². The van der Waals surface area contributed by atoms with Crippen molar-refractivity contribution < 1.29 is 0 Å². The second-order valence-electron chi connectivity index (χ2n) is 3.47. The van der Waals surface area contributed by atoms with E-state index in [9.17, 15) is 0 Å². The van der Waals surface area contributed by atoms with Gasteiger partial charge >= 0.3 is 0 Å². The van der Waals surface area contributed by atoms with Gasteiger partial charge in [0, 0.05) is 28.2 Å². The molecule has 1 heterocycles. The van der Waals surface area contributed by atoms with Crippen LogP contribution in [0, 0.1) is 0 Å². The van der Waals surface area contributed by atoms with Crippen LogP contribution in [0.25, 0.3) is 0 Å². The molecule has 0 aromatic carbocycles. The van der Waals surface area contributed by atoms with Crippen molar-refractivity contribution >= 4 is 35.9 Å². The maximum Gasteiger partial charge on any atom is 0.204 e. The second kappa shape index (κ2) is 6.56. The Labute approximate surface area is 113 Å². The van der Waals surface area contributed by atoms with E-state index in [1.54, 1.807) is 7.05 Å². The lowest BCUT2D eigenvalue weighted by Gasteiger charge is -2.12. The highest BCUT2D eigenvalue weighted by molar-refractivity contribution is 14.0. The lowest BCUT2D eigenvalue weighted by molar-refractivity contribution is 0.764. The van der Waals surface area contributed by atoms with Crippen LogP contribution in [0.1, 0.15) is 5.69 Å². The van der Waals surface area contributed by atoms with Crippen LogP contribution in [0.2, 0.25) is 0 Å². The molecule has 0 radical (unpaired) electrons. The largest absolute Gasteiger partial charge is 0.370 e. The summed E-state index contributed by atoms with van der Waals surface area (Å²) in [5.74, 6) is 1.35. The van der Waals surface area contributed by atoms with Gasteiger partial charge in [-0.25, -0.2) is 4.98 Å². The van der Waals surface area contributed by atoms with Gasteiger partial charge in [-0.1, -0.05) is 0 Å². The van der Waals surface area contributed by atoms with E-state index in [1.165, 1.54) is 0 Å². The lowest BCUT2D eigenvalue weighted by Crippen LogP contribution is -2.31. The van der Waals surface area contributed by atoms with E-state index >= 15 is 0 Å². The molecule has 0 aliphatic carbocycles. The van der Waals surface area contributed by atoms with Crippen molar-refractivity contribution in [1.82, 2.24) is 14.9 Å². The maximum atomic E-state index is 5.54. The number of guanidine groups is 1. The van der Waals surface area contributed by atoms with Crippen LogP contribution in [-0.2, 0) is 13.6 Å². The summed E-state index contributed by atoms with van der Waals surface area (Å²) in [6.07, 6.45) is 1.82. The summed E-state index contributed by atoms with van der Waals surface area (Å²) in [7, 11) is 7.54. The first kappa shape index (κ1) is 15.0. The normalized spacial score (nSPS) is 10.9. The zero-order valence-corrected chi connectivity index (χ0v) is 12.4. The van der Waals surface area contributed by atoms with E-state index in [4.69, 9.17) is 5.73 Å². The van der Waals surface area contributed by atoms with Gasteiger partial charge in [0.2, 0.25) is 5.95 Å². The molecule has 16 heavy (non-hydrogen) atoms. The zero-order valence-electron chi connectivity index (χ0n) is 10.1. The van der Waals surface area contributed by atoms with Gasteiger partial charge < -0.3 is 20.5 Å². The number of hydrogen-bond acceptors (Lipinski definition) is 3. The van der Waals surface area contributed by atoms with Crippen LogP contribution in [0.3, 0.4) is 0 Å². The van der Waals surface area contributed by atoms with Gasteiger partial charge in [0.25, 0.3) is 0 Å². The number of hydrogen-bond donors (Lipinski definition) is 2. The fraction of sp³-hybridized carbons (Fsp3) is 0.556. The second-order valence-corrected chi connectivity index (χ2v) is 3.47. The predicted octanol–water partition coefficient (Wildman–Crippen LogP) is 0.138. The standard InChI is InChI=1S/C9H18N6.HI/c1-11-8(10)12-5-7-6-13-9(14(2)3)15(7)4;/h6H,5H2,1-4H3,(H3,10,11,12);1H. The van der Waals surface area contributed by atoms with Crippen LogP contribution in [0.4, 0.5) is 5.95 Å². The Hall–Kier alpha value is -0.990. The van der Waals surface area contributed by atoms with E-state index in [-0.39, 0.29) is 24.0 Å². The van der Waals surface area contributed by atoms with Gasteiger partial charge in [-0.05, 0) is 0 Å². The van der Waals surface area contributed by atoms with E-state index < -0.39 is 0 Å². The van der Waals surface area contributed by atoms with Gasteiger partial charge in [0.15, 0.2) is 5.96 Å². The molecule has 1 aromatic rings. The summed E-state index contributed by atoms with van der Waals surface area (Å²) in [4.78, 5) is 10.1. The van der Waals surface area contributed by atoms with Crippen molar-refractivity contribution in [2.24, 2.45) is 17.8 Å². The Kier molecular flexibility index (Phi) is 6.16. The van der Waals surface area contributed by atoms with E-state index in [0.29, 0.717) is 12.5 Å². The van der Waals surface area contributed by atoms with Gasteiger partial charge in [-0.15, -0.1) is 24.0 Å². The summed E-state index contributed by atoms with van der Waals surface area (Å²) < 4.78 is 2.01. The zero-order chi connectivity index (χ0) is 11.4. The van der Waals surface area contributed by atoms with Gasteiger partial charge in [-0.3, -0.25) is 4.99 Å². The third kappa shape index (κ3) is 3.54. The molecular weight excluding hydrogens is 319 g/mol. The summed E-state index contributed by atoms with van der Waals surface area (Å²) in [5.41, 5.74) is 6.60. The van der Waals surface area contributed by atoms with Crippen LogP contribution in [-0.4, -0.2) is 36.7 Å². The highest BCUT2D eigenvalue weighted by atomic mass is 127. The van der Waals surface area contributed by atoms with Crippen molar-refractivity contribution in [3.05, 3.63) is 11.9 Å². The monoisotopic (exact) mass is 338 g/mol. The van der Waals surface area contributed by atoms with Crippen molar-refractivity contribution in [2.75, 3.05) is 26.0 Å². The minimum Gasteiger partial charge on any atom is -0.370 e. The molecule has 0 atom stereocenters. The first-order chi connectivity index (χ1) is 7.06. The molecule has 6 nitrogen and oxygen atoms in total. The van der Waals surface area contributed by atoms with Gasteiger partial charge in [-0.2, -0.15) is 0 Å². The topological polar surface area (TPSA) is 71.5 Å². The number of anilines is 1. The van der Waals surface area contributed by atoms with Gasteiger partial charge in [0.1, 0.15) is 0 Å². The number of nitrogens with zero attached hydrogens (tertiary/aromatic N) is 4.